The van der Waals surface area contributed by atoms with Gasteiger partial charge in [0.15, 0.2) is 0 Å². The van der Waals surface area contributed by atoms with E-state index in [1.807, 2.05) is 12.1 Å². The van der Waals surface area contributed by atoms with Gasteiger partial charge in [-0.05, 0) is 25.0 Å². The number of carboxylic acids is 1. The van der Waals surface area contributed by atoms with Gasteiger partial charge in [0.25, 0.3) is 0 Å². The summed E-state index contributed by atoms with van der Waals surface area (Å²) < 4.78 is 0. The van der Waals surface area contributed by atoms with Gasteiger partial charge in [0.2, 0.25) is 5.91 Å². The zero-order valence-electron chi connectivity index (χ0n) is 14.4. The molecule has 1 atom stereocenters. The van der Waals surface area contributed by atoms with Crippen molar-refractivity contribution in [3.8, 4) is 0 Å². The zero-order chi connectivity index (χ0) is 18.6. The van der Waals surface area contributed by atoms with Crippen molar-refractivity contribution in [2.45, 2.75) is 31.3 Å². The molecule has 0 aromatic carbocycles. The number of nitrogens with zero attached hydrogens (tertiary/aromatic N) is 3. The molecule has 138 valence electrons. The fourth-order valence-electron chi connectivity index (χ4n) is 3.21. The van der Waals surface area contributed by atoms with Crippen molar-refractivity contribution >= 4 is 28.5 Å². The minimum Gasteiger partial charge on any atom is -0.481 e. The van der Waals surface area contributed by atoms with Crippen molar-refractivity contribution in [2.24, 2.45) is 0 Å². The second kappa shape index (κ2) is 7.65. The lowest BCUT2D eigenvalue weighted by molar-refractivity contribution is -0.137. The average molecular weight is 358 g/mol. The maximum absolute atomic E-state index is 11.8. The Hall–Kier alpha value is -2.74. The molecular formula is C18H22N4O4. The molecule has 1 aliphatic heterocycles. The molecule has 3 heterocycles. The molecule has 0 unspecified atom stereocenters. The smallest absolute Gasteiger partial charge is 0.303 e. The Morgan fingerprint density at radius 1 is 1.27 bits per heavy atom. The molecule has 1 aliphatic rings. The van der Waals surface area contributed by atoms with E-state index in [-0.39, 0.29) is 25.3 Å². The largest absolute Gasteiger partial charge is 0.481 e. The Balaban J connectivity index is 1.58. The molecule has 0 saturated carbocycles. The maximum atomic E-state index is 11.8. The van der Waals surface area contributed by atoms with Crippen LogP contribution in [0.15, 0.2) is 30.7 Å². The van der Waals surface area contributed by atoms with E-state index in [2.05, 4.69) is 20.2 Å². The summed E-state index contributed by atoms with van der Waals surface area (Å²) in [7, 11) is 0. The molecule has 1 amide bonds. The van der Waals surface area contributed by atoms with Crippen molar-refractivity contribution < 1.29 is 19.8 Å². The second-order valence-electron chi connectivity index (χ2n) is 6.64. The molecule has 0 aliphatic carbocycles. The van der Waals surface area contributed by atoms with Gasteiger partial charge in [-0.15, -0.1) is 0 Å². The average Bonchev–Trinajstić information content (AvgIpc) is 3.02. The maximum Gasteiger partial charge on any atom is 0.303 e. The van der Waals surface area contributed by atoms with Crippen molar-refractivity contribution in [3.63, 3.8) is 0 Å². The van der Waals surface area contributed by atoms with E-state index in [9.17, 15) is 14.7 Å². The summed E-state index contributed by atoms with van der Waals surface area (Å²) in [6, 6.07) is 3.75. The first-order valence-corrected chi connectivity index (χ1v) is 8.61. The number of rotatable bonds is 7. The zero-order valence-corrected chi connectivity index (χ0v) is 14.4. The highest BCUT2D eigenvalue weighted by molar-refractivity contribution is 5.90. The van der Waals surface area contributed by atoms with Crippen LogP contribution in [0.4, 0.5) is 5.69 Å². The number of carbonyl (C=O) groups excluding carboxylic acids is 1. The van der Waals surface area contributed by atoms with Gasteiger partial charge < -0.3 is 20.4 Å². The van der Waals surface area contributed by atoms with Gasteiger partial charge >= 0.3 is 5.97 Å². The van der Waals surface area contributed by atoms with Gasteiger partial charge in [-0.1, -0.05) is 0 Å². The third-order valence-corrected chi connectivity index (χ3v) is 4.60. The molecule has 8 nitrogen and oxygen atoms in total. The molecule has 3 rings (SSSR count). The lowest BCUT2D eigenvalue weighted by Crippen LogP contribution is -2.45. The number of aliphatic hydroxyl groups is 1. The van der Waals surface area contributed by atoms with E-state index in [1.165, 1.54) is 0 Å². The summed E-state index contributed by atoms with van der Waals surface area (Å²) in [6.07, 6.45) is 6.13. The SMILES string of the molecule is O=C(O)CCCC(=O)NC[C@]1(O)CCN(c2ccnc3ccncc23)C1. The first kappa shape index (κ1) is 18.1. The van der Waals surface area contributed by atoms with Crippen LogP contribution in [0.1, 0.15) is 25.7 Å². The van der Waals surface area contributed by atoms with Crippen LogP contribution in [0.2, 0.25) is 0 Å². The van der Waals surface area contributed by atoms with Crippen LogP contribution in [0.3, 0.4) is 0 Å². The van der Waals surface area contributed by atoms with Gasteiger partial charge in [-0.3, -0.25) is 19.6 Å². The third-order valence-electron chi connectivity index (χ3n) is 4.60. The minimum absolute atomic E-state index is 0.0331. The number of fused-ring (bicyclic) bond motifs is 1. The predicted octanol–water partition coefficient (Wildman–Crippen LogP) is 0.942. The fraction of sp³-hybridized carbons (Fsp3) is 0.444. The normalized spacial score (nSPS) is 19.7. The Kier molecular flexibility index (Phi) is 5.32. The summed E-state index contributed by atoms with van der Waals surface area (Å²) >= 11 is 0. The van der Waals surface area contributed by atoms with E-state index >= 15 is 0 Å². The molecule has 0 bridgehead atoms. The number of hydrogen-bond acceptors (Lipinski definition) is 6. The van der Waals surface area contributed by atoms with E-state index in [4.69, 9.17) is 5.11 Å². The third kappa shape index (κ3) is 4.26. The second-order valence-corrected chi connectivity index (χ2v) is 6.64. The van der Waals surface area contributed by atoms with Crippen molar-refractivity contribution in [2.75, 3.05) is 24.5 Å². The van der Waals surface area contributed by atoms with Gasteiger partial charge in [0.1, 0.15) is 5.60 Å². The number of nitrogens with one attached hydrogen (secondary N) is 1. The van der Waals surface area contributed by atoms with Crippen LogP contribution in [-0.4, -0.2) is 57.3 Å². The number of carbonyl (C=O) groups is 2. The number of β-amino-alcohol motifs (C(OH)–C–C–N with tert-alkyl or cyclic N) is 1. The molecule has 1 fully saturated rings. The molecular weight excluding hydrogens is 336 g/mol. The topological polar surface area (TPSA) is 116 Å². The molecule has 2 aromatic rings. The standard InChI is InChI=1S/C18H22N4O4/c23-16(2-1-3-17(24)25)21-11-18(26)6-9-22(12-18)15-5-8-20-14-4-7-19-10-13(14)15/h4-5,7-8,10,26H,1-3,6,9,11-12H2,(H,21,23)(H,24,25)/t18-/m1/s1. The number of aliphatic carboxylic acids is 1. The summed E-state index contributed by atoms with van der Waals surface area (Å²) in [5.41, 5.74) is 0.798. The summed E-state index contributed by atoms with van der Waals surface area (Å²) in [6.45, 7) is 1.21. The van der Waals surface area contributed by atoms with Crippen LogP contribution >= 0.6 is 0 Å². The van der Waals surface area contributed by atoms with Crippen LogP contribution in [-0.2, 0) is 9.59 Å². The number of amides is 1. The number of anilines is 1. The van der Waals surface area contributed by atoms with Crippen LogP contribution in [0.5, 0.6) is 0 Å². The van der Waals surface area contributed by atoms with Gasteiger partial charge in [0, 0.05) is 62.1 Å². The quantitative estimate of drug-likeness (QED) is 0.674. The Bertz CT molecular complexity index is 807. The van der Waals surface area contributed by atoms with E-state index < -0.39 is 11.6 Å². The predicted molar refractivity (Wildman–Crippen MR) is 95.8 cm³/mol. The van der Waals surface area contributed by atoms with Crippen molar-refractivity contribution in [1.29, 1.82) is 0 Å². The Morgan fingerprint density at radius 3 is 2.92 bits per heavy atom. The highest BCUT2D eigenvalue weighted by atomic mass is 16.4. The number of hydrogen-bond donors (Lipinski definition) is 3. The van der Waals surface area contributed by atoms with Crippen molar-refractivity contribution in [1.82, 2.24) is 15.3 Å². The van der Waals surface area contributed by atoms with Gasteiger partial charge in [0.05, 0.1) is 5.52 Å². The van der Waals surface area contributed by atoms with E-state index in [0.717, 1.165) is 16.6 Å². The van der Waals surface area contributed by atoms with Crippen LogP contribution in [0.25, 0.3) is 10.9 Å². The molecule has 0 radical (unpaired) electrons. The molecule has 3 N–H and O–H groups in total. The minimum atomic E-state index is -1.01. The highest BCUT2D eigenvalue weighted by Gasteiger charge is 2.36. The number of carboxylic acid groups (broad SMARTS) is 1. The van der Waals surface area contributed by atoms with Crippen LogP contribution in [0, 0.1) is 0 Å². The van der Waals surface area contributed by atoms with Crippen LogP contribution < -0.4 is 10.2 Å². The van der Waals surface area contributed by atoms with Crippen molar-refractivity contribution in [3.05, 3.63) is 30.7 Å². The first-order chi connectivity index (χ1) is 12.5. The summed E-state index contributed by atoms with van der Waals surface area (Å²) in [5.74, 6) is -1.15. The monoisotopic (exact) mass is 358 g/mol. The summed E-state index contributed by atoms with van der Waals surface area (Å²) in [4.78, 5) is 32.8. The molecule has 0 spiro atoms. The van der Waals surface area contributed by atoms with Gasteiger partial charge in [-0.25, -0.2) is 0 Å². The number of pyridine rings is 2. The lowest BCUT2D eigenvalue weighted by atomic mass is 10.0. The molecule has 26 heavy (non-hydrogen) atoms. The lowest BCUT2D eigenvalue weighted by Gasteiger charge is -2.25. The van der Waals surface area contributed by atoms with E-state index in [1.54, 1.807) is 18.6 Å². The molecule has 2 aromatic heterocycles. The highest BCUT2D eigenvalue weighted by Crippen LogP contribution is 2.31. The number of aromatic nitrogens is 2. The van der Waals surface area contributed by atoms with Gasteiger partial charge in [-0.2, -0.15) is 0 Å². The molecule has 1 saturated heterocycles. The Morgan fingerprint density at radius 2 is 2.12 bits per heavy atom. The Labute approximate surface area is 150 Å². The molecule has 8 heteroatoms. The first-order valence-electron chi connectivity index (χ1n) is 8.61. The fourth-order valence-corrected chi connectivity index (χ4v) is 3.21. The van der Waals surface area contributed by atoms with E-state index in [0.29, 0.717) is 25.9 Å². The summed E-state index contributed by atoms with van der Waals surface area (Å²) in [5, 5.41) is 23.0.